The van der Waals surface area contributed by atoms with E-state index in [-0.39, 0.29) is 12.2 Å². The van der Waals surface area contributed by atoms with Gasteiger partial charge in [0.25, 0.3) is 0 Å². The molecule has 3 heterocycles. The van der Waals surface area contributed by atoms with Crippen LogP contribution in [0.3, 0.4) is 0 Å². The molecule has 1 N–H and O–H groups in total. The van der Waals surface area contributed by atoms with E-state index in [2.05, 4.69) is 6.07 Å². The zero-order valence-electron chi connectivity index (χ0n) is 14.2. The summed E-state index contributed by atoms with van der Waals surface area (Å²) in [5, 5.41) is 9.38. The molecule has 0 radical (unpaired) electrons. The van der Waals surface area contributed by atoms with Crippen LogP contribution in [-0.2, 0) is 25.8 Å². The minimum absolute atomic E-state index is 0.0592. The summed E-state index contributed by atoms with van der Waals surface area (Å²) >= 11 is 1.40. The van der Waals surface area contributed by atoms with Crippen molar-refractivity contribution in [3.05, 3.63) is 40.8 Å². The molecular formula is C19H20O5S2. The summed E-state index contributed by atoms with van der Waals surface area (Å²) in [5.41, 5.74) is 2.17. The third kappa shape index (κ3) is 2.83. The van der Waals surface area contributed by atoms with E-state index < -0.39 is 20.6 Å². The summed E-state index contributed by atoms with van der Waals surface area (Å²) in [5.74, 6) is -0.105. The first-order chi connectivity index (χ1) is 12.4. The van der Waals surface area contributed by atoms with Crippen LogP contribution in [0, 0.1) is 0 Å². The highest BCUT2D eigenvalue weighted by Gasteiger charge is 2.49. The van der Waals surface area contributed by atoms with E-state index in [1.54, 1.807) is 6.07 Å². The summed E-state index contributed by atoms with van der Waals surface area (Å²) in [6.07, 6.45) is 2.22. The Labute approximate surface area is 156 Å². The average Bonchev–Trinajstić information content (AvgIpc) is 3.24. The highest BCUT2D eigenvalue weighted by Crippen LogP contribution is 2.47. The fourth-order valence-electron chi connectivity index (χ4n) is 3.94. The highest BCUT2D eigenvalue weighted by molar-refractivity contribution is 7.92. The molecule has 7 heteroatoms. The summed E-state index contributed by atoms with van der Waals surface area (Å²) in [6, 6.07) is 9.71. The van der Waals surface area contributed by atoms with Crippen LogP contribution in [-0.4, -0.2) is 31.9 Å². The number of fused-ring (bicyclic) bond motifs is 1. The van der Waals surface area contributed by atoms with Crippen LogP contribution in [0.4, 0.5) is 0 Å². The number of thiophene rings is 1. The van der Waals surface area contributed by atoms with Crippen LogP contribution < -0.4 is 4.74 Å². The lowest BCUT2D eigenvalue weighted by molar-refractivity contribution is -0.137. The number of sulfone groups is 1. The van der Waals surface area contributed by atoms with Gasteiger partial charge in [-0.15, -0.1) is 11.3 Å². The van der Waals surface area contributed by atoms with Gasteiger partial charge in [0.2, 0.25) is 0 Å². The molecule has 0 saturated carbocycles. The molecule has 0 amide bonds. The van der Waals surface area contributed by atoms with Crippen molar-refractivity contribution in [3.63, 3.8) is 0 Å². The van der Waals surface area contributed by atoms with Crippen LogP contribution in [0.15, 0.2) is 30.3 Å². The van der Waals surface area contributed by atoms with E-state index in [1.165, 1.54) is 11.3 Å². The predicted octanol–water partition coefficient (Wildman–Crippen LogP) is 3.62. The molecule has 1 aromatic carbocycles. The lowest BCUT2D eigenvalue weighted by Gasteiger charge is -2.34. The maximum absolute atomic E-state index is 12.9. The summed E-state index contributed by atoms with van der Waals surface area (Å²) < 4.78 is 30.0. The van der Waals surface area contributed by atoms with Crippen molar-refractivity contribution in [1.29, 1.82) is 0 Å². The van der Waals surface area contributed by atoms with Crippen molar-refractivity contribution in [1.82, 2.24) is 0 Å². The quantitative estimate of drug-likeness (QED) is 0.860. The van der Waals surface area contributed by atoms with Gasteiger partial charge in [-0.25, -0.2) is 8.42 Å². The lowest BCUT2D eigenvalue weighted by atomic mass is 9.95. The van der Waals surface area contributed by atoms with Crippen LogP contribution in [0.25, 0.3) is 10.4 Å². The normalized spacial score (nSPS) is 24.0. The number of hydrogen-bond acceptors (Lipinski definition) is 5. The van der Waals surface area contributed by atoms with Gasteiger partial charge in [0, 0.05) is 16.2 Å². The first kappa shape index (κ1) is 17.5. The Morgan fingerprint density at radius 2 is 2.08 bits per heavy atom. The number of ether oxygens (including phenoxy) is 1. The molecule has 5 nitrogen and oxygen atoms in total. The molecule has 138 valence electrons. The standard InChI is InChI=1S/C19H20O5S2/c20-18(21)12-19(8-1-2-10-26(19,22)23)17-6-5-16(25-17)14-3-4-15-13(11-14)7-9-24-15/h3-6,11H,1-2,7-10,12H2,(H,20,21)/t19-/m0/s1. The third-order valence-corrected chi connectivity index (χ3v) is 9.36. The first-order valence-corrected chi connectivity index (χ1v) is 11.2. The van der Waals surface area contributed by atoms with Crippen LogP contribution in [0.1, 0.15) is 36.1 Å². The van der Waals surface area contributed by atoms with E-state index in [0.29, 0.717) is 24.3 Å². The van der Waals surface area contributed by atoms with Gasteiger partial charge in [-0.3, -0.25) is 4.79 Å². The van der Waals surface area contributed by atoms with Gasteiger partial charge in [-0.05, 0) is 54.3 Å². The number of carboxylic acids is 1. The third-order valence-electron chi connectivity index (χ3n) is 5.30. The molecule has 0 spiro atoms. The second kappa shape index (κ2) is 6.39. The van der Waals surface area contributed by atoms with Gasteiger partial charge < -0.3 is 9.84 Å². The van der Waals surface area contributed by atoms with Crippen molar-refractivity contribution in [2.45, 2.75) is 36.9 Å². The molecule has 0 unspecified atom stereocenters. The second-order valence-corrected chi connectivity index (χ2v) is 10.4. The number of rotatable bonds is 4. The molecule has 2 aliphatic rings. The summed E-state index contributed by atoms with van der Waals surface area (Å²) in [7, 11) is -3.50. The van der Waals surface area contributed by atoms with Crippen molar-refractivity contribution in [2.75, 3.05) is 12.4 Å². The largest absolute Gasteiger partial charge is 0.493 e. The monoisotopic (exact) mass is 392 g/mol. The summed E-state index contributed by atoms with van der Waals surface area (Å²) in [4.78, 5) is 13.1. The Morgan fingerprint density at radius 3 is 2.85 bits per heavy atom. The number of aliphatic carboxylic acids is 1. The molecule has 4 rings (SSSR count). The summed E-state index contributed by atoms with van der Waals surface area (Å²) in [6.45, 7) is 0.689. The van der Waals surface area contributed by atoms with Crippen LogP contribution >= 0.6 is 11.3 Å². The van der Waals surface area contributed by atoms with E-state index in [0.717, 1.165) is 34.6 Å². The molecule has 2 aromatic rings. The Kier molecular flexibility index (Phi) is 4.31. The van der Waals surface area contributed by atoms with Crippen molar-refractivity contribution in [2.24, 2.45) is 0 Å². The SMILES string of the molecule is O=C(O)C[C@]1(c2ccc(-c3ccc4c(c3)CCO4)s2)CCCCS1(=O)=O. The zero-order valence-corrected chi connectivity index (χ0v) is 15.9. The van der Waals surface area contributed by atoms with Gasteiger partial charge in [0.05, 0.1) is 18.8 Å². The maximum Gasteiger partial charge on any atom is 0.305 e. The minimum Gasteiger partial charge on any atom is -0.493 e. The fourth-order valence-corrected chi connectivity index (χ4v) is 7.71. The molecule has 1 fully saturated rings. The Hall–Kier alpha value is -1.86. The van der Waals surface area contributed by atoms with Gasteiger partial charge in [-0.2, -0.15) is 0 Å². The Bertz CT molecular complexity index is 960. The lowest BCUT2D eigenvalue weighted by Crippen LogP contribution is -2.41. The number of benzene rings is 1. The number of carbonyl (C=O) groups is 1. The van der Waals surface area contributed by atoms with Crippen molar-refractivity contribution in [3.8, 4) is 16.2 Å². The molecule has 0 bridgehead atoms. The molecule has 26 heavy (non-hydrogen) atoms. The van der Waals surface area contributed by atoms with Crippen molar-refractivity contribution < 1.29 is 23.1 Å². The van der Waals surface area contributed by atoms with Crippen molar-refractivity contribution >= 4 is 27.1 Å². The molecule has 2 aliphatic heterocycles. The number of hydrogen-bond donors (Lipinski definition) is 1. The van der Waals surface area contributed by atoms with Gasteiger partial charge in [0.1, 0.15) is 10.5 Å². The van der Waals surface area contributed by atoms with Crippen LogP contribution in [0.2, 0.25) is 0 Å². The van der Waals surface area contributed by atoms with Crippen LogP contribution in [0.5, 0.6) is 5.75 Å². The molecule has 0 aliphatic carbocycles. The van der Waals surface area contributed by atoms with Gasteiger partial charge in [-0.1, -0.05) is 6.42 Å². The van der Waals surface area contributed by atoms with E-state index >= 15 is 0 Å². The smallest absolute Gasteiger partial charge is 0.305 e. The Morgan fingerprint density at radius 1 is 1.23 bits per heavy atom. The van der Waals surface area contributed by atoms with Gasteiger partial charge in [0.15, 0.2) is 9.84 Å². The van der Waals surface area contributed by atoms with E-state index in [4.69, 9.17) is 4.74 Å². The minimum atomic E-state index is -3.50. The average molecular weight is 392 g/mol. The van der Waals surface area contributed by atoms with E-state index in [1.807, 2.05) is 18.2 Å². The topological polar surface area (TPSA) is 80.7 Å². The fraction of sp³-hybridized carbons (Fsp3) is 0.421. The zero-order chi connectivity index (χ0) is 18.4. The Balaban J connectivity index is 1.76. The highest BCUT2D eigenvalue weighted by atomic mass is 32.2. The van der Waals surface area contributed by atoms with E-state index in [9.17, 15) is 18.3 Å². The first-order valence-electron chi connectivity index (χ1n) is 8.72. The number of carboxylic acid groups (broad SMARTS) is 1. The maximum atomic E-state index is 12.9. The molecule has 1 aromatic heterocycles. The molecule has 1 saturated heterocycles. The molecular weight excluding hydrogens is 372 g/mol. The second-order valence-electron chi connectivity index (χ2n) is 6.93. The predicted molar refractivity (Wildman–Crippen MR) is 101 cm³/mol. The molecule has 1 atom stereocenters. The van der Waals surface area contributed by atoms with Gasteiger partial charge >= 0.3 is 5.97 Å².